The van der Waals surface area contributed by atoms with Crippen LogP contribution in [0.25, 0.3) is 5.95 Å². The van der Waals surface area contributed by atoms with E-state index in [9.17, 15) is 0 Å². The van der Waals surface area contributed by atoms with E-state index in [0.29, 0.717) is 22.3 Å². The Morgan fingerprint density at radius 3 is 2.85 bits per heavy atom. The molecule has 106 valence electrons. The van der Waals surface area contributed by atoms with Gasteiger partial charge in [0.25, 0.3) is 5.95 Å². The smallest absolute Gasteiger partial charge is 0.257 e. The monoisotopic (exact) mass is 293 g/mol. The first kappa shape index (κ1) is 13.3. The highest BCUT2D eigenvalue weighted by molar-refractivity contribution is 7.99. The fourth-order valence-corrected chi connectivity index (χ4v) is 2.87. The molecular formula is C11H15N7OS. The average molecular weight is 293 g/mol. The van der Waals surface area contributed by atoms with Crippen molar-refractivity contribution in [2.24, 2.45) is 0 Å². The summed E-state index contributed by atoms with van der Waals surface area (Å²) in [6, 6.07) is 0. The fourth-order valence-electron chi connectivity index (χ4n) is 1.87. The Hall–Kier alpha value is -1.74. The van der Waals surface area contributed by atoms with Crippen LogP contribution in [0.3, 0.4) is 0 Å². The molecule has 0 atom stereocenters. The third-order valence-corrected chi connectivity index (χ3v) is 4.09. The predicted octanol–water partition coefficient (Wildman–Crippen LogP) is 0.765. The molecule has 0 radical (unpaired) electrons. The maximum atomic E-state index is 5.36. The van der Waals surface area contributed by atoms with Gasteiger partial charge < -0.3 is 10.1 Å². The lowest BCUT2D eigenvalue weighted by atomic mass is 10.2. The van der Waals surface area contributed by atoms with Crippen molar-refractivity contribution in [3.05, 3.63) is 12.7 Å². The summed E-state index contributed by atoms with van der Waals surface area (Å²) in [5.41, 5.74) is 0. The van der Waals surface area contributed by atoms with Gasteiger partial charge in [-0.2, -0.15) is 24.7 Å². The lowest BCUT2D eigenvalue weighted by molar-refractivity contribution is 0.1000. The molecule has 0 aromatic carbocycles. The van der Waals surface area contributed by atoms with Crippen molar-refractivity contribution in [2.75, 3.05) is 25.6 Å². The van der Waals surface area contributed by atoms with Crippen molar-refractivity contribution in [1.29, 1.82) is 0 Å². The summed E-state index contributed by atoms with van der Waals surface area (Å²) in [6.45, 7) is 1.61. The summed E-state index contributed by atoms with van der Waals surface area (Å²) in [6.07, 6.45) is 5.06. The second-order valence-corrected chi connectivity index (χ2v) is 5.53. The SMILES string of the molecule is CNc1nc(SC2CCOCC2)nc(-n2cncn2)n1. The minimum atomic E-state index is 0.469. The van der Waals surface area contributed by atoms with Crippen molar-refractivity contribution in [1.82, 2.24) is 29.7 Å². The number of hydrogen-bond acceptors (Lipinski definition) is 8. The largest absolute Gasteiger partial charge is 0.381 e. The number of aromatic nitrogens is 6. The second kappa shape index (κ2) is 6.14. The lowest BCUT2D eigenvalue weighted by Crippen LogP contribution is -2.18. The molecule has 0 aliphatic carbocycles. The maximum absolute atomic E-state index is 5.36. The standard InChI is InChI=1S/C11H15N7OS/c1-12-9-15-10(18-7-13-6-14-18)17-11(16-9)20-8-2-4-19-5-3-8/h6-8H,2-5H2,1H3,(H,12,15,16,17). The molecule has 1 aliphatic heterocycles. The third kappa shape index (κ3) is 3.05. The van der Waals surface area contributed by atoms with Crippen LogP contribution in [0.2, 0.25) is 0 Å². The summed E-state index contributed by atoms with van der Waals surface area (Å²) >= 11 is 1.66. The van der Waals surface area contributed by atoms with Gasteiger partial charge >= 0.3 is 0 Å². The van der Waals surface area contributed by atoms with Crippen LogP contribution in [-0.2, 0) is 4.74 Å². The maximum Gasteiger partial charge on any atom is 0.257 e. The zero-order valence-corrected chi connectivity index (χ0v) is 11.9. The number of hydrogen-bond donors (Lipinski definition) is 1. The van der Waals surface area contributed by atoms with Crippen molar-refractivity contribution < 1.29 is 4.74 Å². The molecule has 3 heterocycles. The Kier molecular flexibility index (Phi) is 4.07. The van der Waals surface area contributed by atoms with Gasteiger partial charge in [0.2, 0.25) is 5.95 Å². The van der Waals surface area contributed by atoms with Gasteiger partial charge in [-0.25, -0.2) is 4.98 Å². The second-order valence-electron chi connectivity index (χ2n) is 4.26. The third-order valence-electron chi connectivity index (χ3n) is 2.89. The Balaban J connectivity index is 1.84. The van der Waals surface area contributed by atoms with Crippen LogP contribution in [0, 0.1) is 0 Å². The quantitative estimate of drug-likeness (QED) is 0.883. The van der Waals surface area contributed by atoms with Gasteiger partial charge in [0.15, 0.2) is 5.16 Å². The van der Waals surface area contributed by atoms with Gasteiger partial charge in [-0.05, 0) is 12.8 Å². The van der Waals surface area contributed by atoms with Crippen LogP contribution in [0.1, 0.15) is 12.8 Å². The normalized spacial score (nSPS) is 16.2. The predicted molar refractivity (Wildman–Crippen MR) is 74.0 cm³/mol. The molecule has 1 saturated heterocycles. The molecule has 0 bridgehead atoms. The van der Waals surface area contributed by atoms with Gasteiger partial charge in [-0.15, -0.1) is 0 Å². The van der Waals surface area contributed by atoms with Crippen molar-refractivity contribution in [3.8, 4) is 5.95 Å². The number of thioether (sulfide) groups is 1. The summed E-state index contributed by atoms with van der Waals surface area (Å²) < 4.78 is 6.89. The van der Waals surface area contributed by atoms with Crippen molar-refractivity contribution >= 4 is 17.7 Å². The highest BCUT2D eigenvalue weighted by atomic mass is 32.2. The highest BCUT2D eigenvalue weighted by Crippen LogP contribution is 2.27. The minimum Gasteiger partial charge on any atom is -0.381 e. The van der Waals surface area contributed by atoms with Gasteiger partial charge in [0, 0.05) is 25.5 Å². The number of ether oxygens (including phenoxy) is 1. The van der Waals surface area contributed by atoms with Crippen molar-refractivity contribution in [3.63, 3.8) is 0 Å². The summed E-state index contributed by atoms with van der Waals surface area (Å²) in [5, 5.41) is 8.17. The number of anilines is 1. The van der Waals surface area contributed by atoms with Gasteiger partial charge in [-0.1, -0.05) is 11.8 Å². The molecule has 8 nitrogen and oxygen atoms in total. The first-order chi connectivity index (χ1) is 9.85. The molecule has 3 rings (SSSR count). The minimum absolute atomic E-state index is 0.469. The molecule has 0 unspecified atom stereocenters. The highest BCUT2D eigenvalue weighted by Gasteiger charge is 2.18. The lowest BCUT2D eigenvalue weighted by Gasteiger charge is -2.20. The number of rotatable bonds is 4. The average Bonchev–Trinajstić information content (AvgIpc) is 3.02. The van der Waals surface area contributed by atoms with E-state index in [0.717, 1.165) is 26.1 Å². The zero-order valence-electron chi connectivity index (χ0n) is 11.1. The molecule has 9 heteroatoms. The Labute approximate surface area is 120 Å². The van der Waals surface area contributed by atoms with Gasteiger partial charge in [0.05, 0.1) is 0 Å². The van der Waals surface area contributed by atoms with Crippen LogP contribution in [0.5, 0.6) is 0 Å². The van der Waals surface area contributed by atoms with Gasteiger partial charge in [0.1, 0.15) is 12.7 Å². The molecule has 2 aromatic heterocycles. The number of nitrogens with zero attached hydrogens (tertiary/aromatic N) is 6. The Morgan fingerprint density at radius 1 is 1.30 bits per heavy atom. The first-order valence-electron chi connectivity index (χ1n) is 6.38. The molecule has 1 N–H and O–H groups in total. The van der Waals surface area contributed by atoms with Crippen LogP contribution in [-0.4, -0.2) is 55.2 Å². The molecule has 0 amide bonds. The summed E-state index contributed by atoms with van der Waals surface area (Å²) in [5.74, 6) is 0.997. The van der Waals surface area contributed by atoms with Crippen LogP contribution < -0.4 is 5.32 Å². The molecule has 2 aromatic rings. The van der Waals surface area contributed by atoms with E-state index in [2.05, 4.69) is 30.4 Å². The molecule has 0 saturated carbocycles. The van der Waals surface area contributed by atoms with E-state index in [1.165, 1.54) is 11.0 Å². The van der Waals surface area contributed by atoms with Crippen LogP contribution >= 0.6 is 11.8 Å². The Bertz CT molecular complexity index is 556. The molecule has 20 heavy (non-hydrogen) atoms. The van der Waals surface area contributed by atoms with E-state index in [1.807, 2.05) is 0 Å². The number of nitrogens with one attached hydrogen (secondary N) is 1. The molecule has 0 spiro atoms. The summed E-state index contributed by atoms with van der Waals surface area (Å²) in [7, 11) is 1.78. The van der Waals surface area contributed by atoms with Gasteiger partial charge in [-0.3, -0.25) is 0 Å². The fraction of sp³-hybridized carbons (Fsp3) is 0.545. The van der Waals surface area contributed by atoms with E-state index in [4.69, 9.17) is 4.74 Å². The molecular weight excluding hydrogens is 278 g/mol. The molecule has 1 fully saturated rings. The molecule has 1 aliphatic rings. The van der Waals surface area contributed by atoms with Crippen LogP contribution in [0.15, 0.2) is 17.8 Å². The topological polar surface area (TPSA) is 90.6 Å². The summed E-state index contributed by atoms with van der Waals surface area (Å²) in [4.78, 5) is 17.0. The van der Waals surface area contributed by atoms with E-state index >= 15 is 0 Å². The van der Waals surface area contributed by atoms with E-state index in [1.54, 1.807) is 25.1 Å². The van der Waals surface area contributed by atoms with E-state index in [-0.39, 0.29) is 0 Å². The first-order valence-corrected chi connectivity index (χ1v) is 7.26. The van der Waals surface area contributed by atoms with Crippen LogP contribution in [0.4, 0.5) is 5.95 Å². The Morgan fingerprint density at radius 2 is 2.15 bits per heavy atom. The van der Waals surface area contributed by atoms with Crippen molar-refractivity contribution in [2.45, 2.75) is 23.2 Å². The zero-order chi connectivity index (χ0) is 13.8. The van der Waals surface area contributed by atoms with E-state index < -0.39 is 0 Å².